The fourth-order valence-electron chi connectivity index (χ4n) is 2.55. The smallest absolute Gasteiger partial charge is 0.227 e. The van der Waals surface area contributed by atoms with Crippen LogP contribution in [-0.2, 0) is 11.3 Å². The molecule has 1 aliphatic carbocycles. The van der Waals surface area contributed by atoms with Crippen LogP contribution in [0.25, 0.3) is 0 Å². The molecule has 2 N–H and O–H groups in total. The number of rotatable bonds is 7. The molecule has 5 heteroatoms. The summed E-state index contributed by atoms with van der Waals surface area (Å²) in [5, 5.41) is 0.369. The van der Waals surface area contributed by atoms with Gasteiger partial charge in [-0.15, -0.1) is 0 Å². The third kappa shape index (κ3) is 3.95. The van der Waals surface area contributed by atoms with Crippen molar-refractivity contribution in [3.63, 3.8) is 0 Å². The summed E-state index contributed by atoms with van der Waals surface area (Å²) in [4.78, 5) is 14.4. The predicted octanol–water partition coefficient (Wildman–Crippen LogP) is 3.35. The molecular formula is C16H22ClFN2O. The van der Waals surface area contributed by atoms with Crippen LogP contribution >= 0.6 is 11.6 Å². The summed E-state index contributed by atoms with van der Waals surface area (Å²) in [6.07, 6.45) is 3.62. The zero-order valence-electron chi connectivity index (χ0n) is 12.3. The van der Waals surface area contributed by atoms with Crippen molar-refractivity contribution in [3.05, 3.63) is 34.6 Å². The SMILES string of the molecule is CCCC(CN)C(=O)N(Cc1c(F)cccc1Cl)C1CC1. The maximum atomic E-state index is 13.9. The first kappa shape index (κ1) is 16.2. The van der Waals surface area contributed by atoms with Crippen molar-refractivity contribution in [2.45, 2.75) is 45.2 Å². The number of carbonyl (C=O) groups excluding carboxylic acids is 1. The zero-order valence-corrected chi connectivity index (χ0v) is 13.1. The van der Waals surface area contributed by atoms with Crippen LogP contribution in [0.3, 0.4) is 0 Å². The number of hydrogen-bond donors (Lipinski definition) is 1. The quantitative estimate of drug-likeness (QED) is 0.839. The molecule has 2 rings (SSSR count). The number of carbonyl (C=O) groups is 1. The van der Waals surface area contributed by atoms with E-state index in [1.54, 1.807) is 17.0 Å². The van der Waals surface area contributed by atoms with E-state index in [2.05, 4.69) is 0 Å². The molecule has 0 radical (unpaired) electrons. The topological polar surface area (TPSA) is 46.3 Å². The van der Waals surface area contributed by atoms with Gasteiger partial charge in [0, 0.05) is 23.2 Å². The van der Waals surface area contributed by atoms with Gasteiger partial charge >= 0.3 is 0 Å². The molecule has 116 valence electrons. The summed E-state index contributed by atoms with van der Waals surface area (Å²) in [5.74, 6) is -0.511. The molecule has 1 atom stereocenters. The number of hydrogen-bond acceptors (Lipinski definition) is 2. The lowest BCUT2D eigenvalue weighted by atomic mass is 10.0. The highest BCUT2D eigenvalue weighted by atomic mass is 35.5. The van der Waals surface area contributed by atoms with Crippen molar-refractivity contribution in [2.75, 3.05) is 6.54 Å². The molecule has 0 spiro atoms. The van der Waals surface area contributed by atoms with Gasteiger partial charge in [-0.05, 0) is 31.4 Å². The van der Waals surface area contributed by atoms with Crippen LogP contribution in [0.1, 0.15) is 38.2 Å². The second-order valence-corrected chi connectivity index (χ2v) is 6.03. The number of amides is 1. The fraction of sp³-hybridized carbons (Fsp3) is 0.562. The van der Waals surface area contributed by atoms with Crippen LogP contribution < -0.4 is 5.73 Å². The van der Waals surface area contributed by atoms with E-state index in [0.29, 0.717) is 17.1 Å². The standard InChI is InChI=1S/C16H22ClFN2O/c1-2-4-11(9-19)16(21)20(12-7-8-12)10-13-14(17)5-3-6-15(13)18/h3,5-6,11-12H,2,4,7-10,19H2,1H3. The molecule has 1 saturated carbocycles. The Kier molecular flexibility index (Phi) is 5.59. The molecule has 0 heterocycles. The van der Waals surface area contributed by atoms with Gasteiger partial charge in [0.15, 0.2) is 0 Å². The molecule has 0 aromatic heterocycles. The predicted molar refractivity (Wildman–Crippen MR) is 82.4 cm³/mol. The maximum absolute atomic E-state index is 13.9. The van der Waals surface area contributed by atoms with Gasteiger partial charge in [-0.3, -0.25) is 4.79 Å². The van der Waals surface area contributed by atoms with Gasteiger partial charge in [0.25, 0.3) is 0 Å². The van der Waals surface area contributed by atoms with Crippen LogP contribution in [0, 0.1) is 11.7 Å². The van der Waals surface area contributed by atoms with Crippen molar-refractivity contribution >= 4 is 17.5 Å². The highest BCUT2D eigenvalue weighted by Crippen LogP contribution is 2.32. The molecule has 1 aliphatic rings. The molecule has 1 fully saturated rings. The second kappa shape index (κ2) is 7.23. The van der Waals surface area contributed by atoms with Crippen LogP contribution in [0.15, 0.2) is 18.2 Å². The van der Waals surface area contributed by atoms with Crippen molar-refractivity contribution in [2.24, 2.45) is 11.7 Å². The first-order valence-corrected chi connectivity index (χ1v) is 7.89. The first-order chi connectivity index (χ1) is 10.1. The third-order valence-corrected chi connectivity index (χ3v) is 4.29. The van der Waals surface area contributed by atoms with Gasteiger partial charge in [0.1, 0.15) is 5.82 Å². The lowest BCUT2D eigenvalue weighted by Crippen LogP contribution is -2.40. The van der Waals surface area contributed by atoms with Gasteiger partial charge in [0.05, 0.1) is 12.5 Å². The third-order valence-electron chi connectivity index (χ3n) is 3.93. The van der Waals surface area contributed by atoms with Crippen LogP contribution in [-0.4, -0.2) is 23.4 Å². The average molecular weight is 313 g/mol. The van der Waals surface area contributed by atoms with E-state index in [-0.39, 0.29) is 30.2 Å². The monoisotopic (exact) mass is 312 g/mol. The van der Waals surface area contributed by atoms with E-state index in [4.69, 9.17) is 17.3 Å². The molecule has 0 aliphatic heterocycles. The van der Waals surface area contributed by atoms with E-state index in [9.17, 15) is 9.18 Å². The van der Waals surface area contributed by atoms with E-state index in [1.165, 1.54) is 6.07 Å². The van der Waals surface area contributed by atoms with Crippen LogP contribution in [0.2, 0.25) is 5.02 Å². The van der Waals surface area contributed by atoms with Gasteiger partial charge in [-0.2, -0.15) is 0 Å². The number of benzene rings is 1. The highest BCUT2D eigenvalue weighted by molar-refractivity contribution is 6.31. The molecule has 1 unspecified atom stereocenters. The first-order valence-electron chi connectivity index (χ1n) is 7.51. The minimum atomic E-state index is -0.360. The molecule has 0 saturated heterocycles. The van der Waals surface area contributed by atoms with Crippen molar-refractivity contribution in [3.8, 4) is 0 Å². The number of nitrogens with zero attached hydrogens (tertiary/aromatic N) is 1. The Morgan fingerprint density at radius 3 is 2.76 bits per heavy atom. The summed E-state index contributed by atoms with van der Waals surface area (Å²) < 4.78 is 13.9. The van der Waals surface area contributed by atoms with Gasteiger partial charge in [0.2, 0.25) is 5.91 Å². The molecule has 1 amide bonds. The molecule has 1 aromatic carbocycles. The normalized spacial score (nSPS) is 15.8. The summed E-state index contributed by atoms with van der Waals surface area (Å²) in [6.45, 7) is 2.60. The lowest BCUT2D eigenvalue weighted by molar-refractivity contribution is -0.136. The maximum Gasteiger partial charge on any atom is 0.227 e. The minimum Gasteiger partial charge on any atom is -0.335 e. The molecule has 3 nitrogen and oxygen atoms in total. The van der Waals surface area contributed by atoms with Crippen LogP contribution in [0.4, 0.5) is 4.39 Å². The molecule has 21 heavy (non-hydrogen) atoms. The fourth-order valence-corrected chi connectivity index (χ4v) is 2.77. The van der Waals surface area contributed by atoms with Crippen molar-refractivity contribution in [1.82, 2.24) is 4.90 Å². The number of halogens is 2. The zero-order chi connectivity index (χ0) is 15.4. The Morgan fingerprint density at radius 2 is 2.24 bits per heavy atom. The Balaban J connectivity index is 2.18. The van der Waals surface area contributed by atoms with E-state index >= 15 is 0 Å². The van der Waals surface area contributed by atoms with Crippen molar-refractivity contribution in [1.29, 1.82) is 0 Å². The molecule has 1 aromatic rings. The van der Waals surface area contributed by atoms with Gasteiger partial charge in [-0.1, -0.05) is 31.0 Å². The summed E-state index contributed by atoms with van der Waals surface area (Å²) >= 11 is 6.08. The largest absolute Gasteiger partial charge is 0.335 e. The Bertz CT molecular complexity index is 485. The summed E-state index contributed by atoms with van der Waals surface area (Å²) in [6, 6.07) is 4.81. The van der Waals surface area contributed by atoms with E-state index < -0.39 is 0 Å². The lowest BCUT2D eigenvalue weighted by Gasteiger charge is -2.27. The Labute approximate surface area is 130 Å². The van der Waals surface area contributed by atoms with Gasteiger partial charge < -0.3 is 10.6 Å². The number of nitrogens with two attached hydrogens (primary N) is 1. The molecular weight excluding hydrogens is 291 g/mol. The van der Waals surface area contributed by atoms with E-state index in [1.807, 2.05) is 6.92 Å². The van der Waals surface area contributed by atoms with Crippen LogP contribution in [0.5, 0.6) is 0 Å². The van der Waals surface area contributed by atoms with Crippen molar-refractivity contribution < 1.29 is 9.18 Å². The summed E-state index contributed by atoms with van der Waals surface area (Å²) in [5.41, 5.74) is 6.12. The van der Waals surface area contributed by atoms with Gasteiger partial charge in [-0.25, -0.2) is 4.39 Å². The highest BCUT2D eigenvalue weighted by Gasteiger charge is 2.35. The Morgan fingerprint density at radius 1 is 1.52 bits per heavy atom. The second-order valence-electron chi connectivity index (χ2n) is 5.62. The van der Waals surface area contributed by atoms with E-state index in [0.717, 1.165) is 25.7 Å². The average Bonchev–Trinajstić information content (AvgIpc) is 3.28. The molecule has 0 bridgehead atoms. The summed E-state index contributed by atoms with van der Waals surface area (Å²) in [7, 11) is 0. The Hall–Kier alpha value is -1.13. The minimum absolute atomic E-state index is 0.0289.